The quantitative estimate of drug-likeness (QED) is 0.547. The molecule has 1 unspecified atom stereocenters. The number of anilines is 1. The second-order valence-electron chi connectivity index (χ2n) is 3.82. The van der Waals surface area contributed by atoms with Crippen molar-refractivity contribution < 1.29 is 5.11 Å². The number of nitrogens with two attached hydrogens (primary N) is 1. The summed E-state index contributed by atoms with van der Waals surface area (Å²) in [6.07, 6.45) is 2.99. The first-order valence-electron chi connectivity index (χ1n) is 4.89. The monoisotopic (exact) mass is 210 g/mol. The van der Waals surface area contributed by atoms with E-state index in [1.54, 1.807) is 12.3 Å². The molecule has 1 fully saturated rings. The van der Waals surface area contributed by atoms with Gasteiger partial charge in [-0.15, -0.1) is 0 Å². The number of hydrogen-bond acceptors (Lipinski definition) is 5. The van der Waals surface area contributed by atoms with Crippen molar-refractivity contribution in [1.29, 1.82) is 0 Å². The minimum atomic E-state index is -0.690. The molecule has 1 aromatic heterocycles. The average Bonchev–Trinajstić information content (AvgIpc) is 2.88. The van der Waals surface area contributed by atoms with E-state index in [1.165, 1.54) is 4.57 Å². The molecule has 0 bridgehead atoms. The van der Waals surface area contributed by atoms with Crippen molar-refractivity contribution in [2.24, 2.45) is 0 Å². The van der Waals surface area contributed by atoms with Gasteiger partial charge in [-0.25, -0.2) is 4.79 Å². The number of aliphatic hydroxyl groups is 1. The second-order valence-corrected chi connectivity index (χ2v) is 3.82. The van der Waals surface area contributed by atoms with Crippen LogP contribution in [0.25, 0.3) is 0 Å². The molecule has 82 valence electrons. The van der Waals surface area contributed by atoms with Gasteiger partial charge < -0.3 is 10.8 Å². The highest BCUT2D eigenvalue weighted by atomic mass is 16.3. The Bertz CT molecular complexity index is 411. The number of aryl methyl sites for hydroxylation is 1. The maximum absolute atomic E-state index is 11.3. The third-order valence-corrected chi connectivity index (χ3v) is 2.47. The molecule has 0 aromatic carbocycles. The van der Waals surface area contributed by atoms with E-state index < -0.39 is 5.72 Å². The molecule has 0 amide bonds. The van der Waals surface area contributed by atoms with E-state index in [9.17, 15) is 9.90 Å². The number of nitrogens with one attached hydrogen (secondary N) is 1. The predicted molar refractivity (Wildman–Crippen MR) is 55.1 cm³/mol. The molecule has 0 spiro atoms. The average molecular weight is 210 g/mol. The van der Waals surface area contributed by atoms with Crippen LogP contribution in [-0.2, 0) is 6.54 Å². The predicted octanol–water partition coefficient (Wildman–Crippen LogP) is -1.10. The highest BCUT2D eigenvalue weighted by molar-refractivity contribution is 5.23. The molecule has 0 saturated carbocycles. The molecule has 1 aliphatic rings. The van der Waals surface area contributed by atoms with Crippen molar-refractivity contribution >= 4 is 5.82 Å². The summed E-state index contributed by atoms with van der Waals surface area (Å²) < 4.78 is 1.49. The van der Waals surface area contributed by atoms with Crippen molar-refractivity contribution in [3.8, 4) is 0 Å². The van der Waals surface area contributed by atoms with Gasteiger partial charge in [0.2, 0.25) is 0 Å². The van der Waals surface area contributed by atoms with Crippen LogP contribution in [0.1, 0.15) is 12.8 Å². The Hall–Kier alpha value is -1.40. The van der Waals surface area contributed by atoms with E-state index in [4.69, 9.17) is 5.73 Å². The number of β-amino-alcohol motifs (C(OH)–C–C–N with tert-alkyl or cyclic N) is 1. The summed E-state index contributed by atoms with van der Waals surface area (Å²) in [7, 11) is 0. The Morgan fingerprint density at radius 2 is 2.47 bits per heavy atom. The maximum Gasteiger partial charge on any atom is 0.349 e. The lowest BCUT2D eigenvalue weighted by molar-refractivity contribution is 0.130. The fourth-order valence-electron chi connectivity index (χ4n) is 1.43. The molecule has 1 saturated heterocycles. The SMILES string of the molecule is Nc1ccn(CCCC2(O)CN2)c(=O)n1. The normalized spacial score (nSPS) is 24.1. The minimum absolute atomic E-state index is 0.235. The largest absolute Gasteiger partial charge is 0.383 e. The van der Waals surface area contributed by atoms with Crippen LogP contribution >= 0.6 is 0 Å². The van der Waals surface area contributed by atoms with Gasteiger partial charge in [-0.05, 0) is 18.9 Å². The lowest BCUT2D eigenvalue weighted by atomic mass is 10.2. The zero-order valence-corrected chi connectivity index (χ0v) is 8.31. The smallest absolute Gasteiger partial charge is 0.349 e. The van der Waals surface area contributed by atoms with Crippen LogP contribution < -0.4 is 16.7 Å². The molecular formula is C9H14N4O2. The first kappa shape index (κ1) is 10.1. The zero-order chi connectivity index (χ0) is 10.9. The summed E-state index contributed by atoms with van der Waals surface area (Å²) in [4.78, 5) is 14.9. The maximum atomic E-state index is 11.3. The second kappa shape index (κ2) is 3.63. The van der Waals surface area contributed by atoms with E-state index in [0.29, 0.717) is 19.5 Å². The summed E-state index contributed by atoms with van der Waals surface area (Å²) in [5.41, 5.74) is 4.33. The van der Waals surface area contributed by atoms with Crippen LogP contribution in [-0.4, -0.2) is 26.9 Å². The summed E-state index contributed by atoms with van der Waals surface area (Å²) in [5.74, 6) is 0.235. The molecule has 6 nitrogen and oxygen atoms in total. The molecule has 1 aliphatic heterocycles. The Morgan fingerprint density at radius 3 is 3.07 bits per heavy atom. The summed E-state index contributed by atoms with van der Waals surface area (Å²) in [6, 6.07) is 1.59. The van der Waals surface area contributed by atoms with Gasteiger partial charge in [-0.3, -0.25) is 9.88 Å². The van der Waals surface area contributed by atoms with Crippen LogP contribution in [0.4, 0.5) is 5.82 Å². The van der Waals surface area contributed by atoms with Gasteiger partial charge in [-0.1, -0.05) is 0 Å². The van der Waals surface area contributed by atoms with Gasteiger partial charge in [0, 0.05) is 19.3 Å². The van der Waals surface area contributed by atoms with Gasteiger partial charge in [-0.2, -0.15) is 4.98 Å². The number of rotatable bonds is 4. The fourth-order valence-corrected chi connectivity index (χ4v) is 1.43. The highest BCUT2D eigenvalue weighted by Gasteiger charge is 2.38. The topological polar surface area (TPSA) is 103 Å². The molecule has 2 rings (SSSR count). The van der Waals surface area contributed by atoms with Crippen LogP contribution in [0, 0.1) is 0 Å². The summed E-state index contributed by atoms with van der Waals surface area (Å²) in [5, 5.41) is 12.3. The Morgan fingerprint density at radius 1 is 1.73 bits per heavy atom. The van der Waals surface area contributed by atoms with E-state index >= 15 is 0 Å². The van der Waals surface area contributed by atoms with E-state index in [-0.39, 0.29) is 11.5 Å². The van der Waals surface area contributed by atoms with E-state index in [0.717, 1.165) is 6.42 Å². The number of nitrogen functional groups attached to an aromatic ring is 1. The third kappa shape index (κ3) is 2.54. The molecule has 1 aromatic rings. The van der Waals surface area contributed by atoms with Crippen molar-refractivity contribution in [3.05, 3.63) is 22.7 Å². The van der Waals surface area contributed by atoms with Crippen LogP contribution in [0.15, 0.2) is 17.1 Å². The Balaban J connectivity index is 1.90. The third-order valence-electron chi connectivity index (χ3n) is 2.47. The summed E-state index contributed by atoms with van der Waals surface area (Å²) in [6.45, 7) is 1.19. The first-order chi connectivity index (χ1) is 7.09. The number of nitrogens with zero attached hydrogens (tertiary/aromatic N) is 2. The zero-order valence-electron chi connectivity index (χ0n) is 8.31. The van der Waals surface area contributed by atoms with E-state index in [2.05, 4.69) is 10.3 Å². The number of aromatic nitrogens is 2. The van der Waals surface area contributed by atoms with Crippen molar-refractivity contribution in [3.63, 3.8) is 0 Å². The minimum Gasteiger partial charge on any atom is -0.383 e. The molecule has 4 N–H and O–H groups in total. The van der Waals surface area contributed by atoms with Gasteiger partial charge in [0.25, 0.3) is 0 Å². The Kier molecular flexibility index (Phi) is 2.45. The molecule has 2 heterocycles. The summed E-state index contributed by atoms with van der Waals surface area (Å²) >= 11 is 0. The number of hydrogen-bond donors (Lipinski definition) is 3. The lowest BCUT2D eigenvalue weighted by Crippen LogP contribution is -2.24. The Labute approximate surface area is 86.7 Å². The standard InChI is InChI=1S/C9H14N4O2/c10-7-2-5-13(8(14)12-7)4-1-3-9(15)6-11-9/h2,5,11,15H,1,3-4,6H2,(H2,10,12,14). The van der Waals surface area contributed by atoms with Gasteiger partial charge in [0.05, 0.1) is 0 Å². The molecule has 0 radical (unpaired) electrons. The van der Waals surface area contributed by atoms with Gasteiger partial charge in [0.1, 0.15) is 11.5 Å². The van der Waals surface area contributed by atoms with Crippen molar-refractivity contribution in [2.75, 3.05) is 12.3 Å². The molecule has 6 heteroatoms. The van der Waals surface area contributed by atoms with Gasteiger partial charge in [0.15, 0.2) is 0 Å². The van der Waals surface area contributed by atoms with Crippen LogP contribution in [0.2, 0.25) is 0 Å². The molecular weight excluding hydrogens is 196 g/mol. The lowest BCUT2D eigenvalue weighted by Gasteiger charge is -2.07. The fraction of sp³-hybridized carbons (Fsp3) is 0.556. The van der Waals surface area contributed by atoms with Crippen molar-refractivity contribution in [1.82, 2.24) is 14.9 Å². The van der Waals surface area contributed by atoms with Gasteiger partial charge >= 0.3 is 5.69 Å². The van der Waals surface area contributed by atoms with Crippen LogP contribution in [0.5, 0.6) is 0 Å². The molecule has 15 heavy (non-hydrogen) atoms. The van der Waals surface area contributed by atoms with Crippen molar-refractivity contribution in [2.45, 2.75) is 25.1 Å². The molecule has 0 aliphatic carbocycles. The first-order valence-corrected chi connectivity index (χ1v) is 4.89. The van der Waals surface area contributed by atoms with E-state index in [1.807, 2.05) is 0 Å². The molecule has 1 atom stereocenters. The highest BCUT2D eigenvalue weighted by Crippen LogP contribution is 2.19. The van der Waals surface area contributed by atoms with Crippen LogP contribution in [0.3, 0.4) is 0 Å².